The number of aromatic nitrogens is 1. The number of hydrogen-bond donors (Lipinski definition) is 2. The van der Waals surface area contributed by atoms with E-state index in [1.807, 2.05) is 0 Å². The first kappa shape index (κ1) is 29.6. The highest BCUT2D eigenvalue weighted by Crippen LogP contribution is 2.52. The molecule has 51 heavy (non-hydrogen) atoms. The number of amidine groups is 1. The van der Waals surface area contributed by atoms with Crippen molar-refractivity contribution in [2.45, 2.75) is 69.8 Å². The number of fused-ring (bicyclic) bond motifs is 9. The average molecular weight is 671 g/mol. The number of ether oxygens (including phenoxy) is 1. The zero-order valence-corrected chi connectivity index (χ0v) is 28.7. The summed E-state index contributed by atoms with van der Waals surface area (Å²) in [5.41, 5.74) is 10.3. The monoisotopic (exact) mass is 670 g/mol. The molecule has 11 rings (SSSR count). The molecule has 2 N–H and O–H groups in total. The van der Waals surface area contributed by atoms with Crippen LogP contribution >= 0.6 is 0 Å². The van der Waals surface area contributed by atoms with Gasteiger partial charge in [-0.1, -0.05) is 97.2 Å². The summed E-state index contributed by atoms with van der Waals surface area (Å²) >= 11 is 0. The second kappa shape index (κ2) is 11.7. The van der Waals surface area contributed by atoms with Crippen LogP contribution in [0, 0.1) is 17.8 Å². The van der Waals surface area contributed by atoms with Gasteiger partial charge in [-0.15, -0.1) is 0 Å². The molecule has 0 amide bonds. The largest absolute Gasteiger partial charge is 0.487 e. The Bertz CT molecular complexity index is 2290. The number of nitrogens with zero attached hydrogens (tertiary/aromatic N) is 2. The molecule has 2 aliphatic heterocycles. The molecule has 2 aromatic heterocycles. The Balaban J connectivity index is 0.927. The molecule has 6 heteroatoms. The predicted molar refractivity (Wildman–Crippen MR) is 205 cm³/mol. The minimum atomic E-state index is -0.000339. The summed E-state index contributed by atoms with van der Waals surface area (Å²) < 4.78 is 16.1. The van der Waals surface area contributed by atoms with Crippen molar-refractivity contribution in [3.63, 3.8) is 0 Å². The summed E-state index contributed by atoms with van der Waals surface area (Å²) in [6.07, 6.45) is 39.9. The third kappa shape index (κ3) is 4.76. The Morgan fingerprint density at radius 1 is 0.804 bits per heavy atom. The number of rotatable bonds is 4. The van der Waals surface area contributed by atoms with E-state index >= 15 is 0 Å². The Hall–Kier alpha value is -5.07. The van der Waals surface area contributed by atoms with E-state index in [2.05, 4.69) is 125 Å². The highest BCUT2D eigenvalue weighted by molar-refractivity contribution is 6.00. The number of nitrogens with one attached hydrogen (secondary N) is 2. The lowest BCUT2D eigenvalue weighted by Crippen LogP contribution is -2.59. The first-order valence-corrected chi connectivity index (χ1v) is 19.0. The molecule has 0 bridgehead atoms. The molecule has 6 atom stereocenters. The number of hydrogen-bond acceptors (Lipinski definition) is 5. The summed E-state index contributed by atoms with van der Waals surface area (Å²) in [4.78, 5) is 5.23. The molecule has 6 unspecified atom stereocenters. The van der Waals surface area contributed by atoms with Gasteiger partial charge in [-0.05, 0) is 49.8 Å². The third-order valence-electron chi connectivity index (χ3n) is 12.2. The normalized spacial score (nSPS) is 29.8. The van der Waals surface area contributed by atoms with Crippen LogP contribution in [-0.2, 0) is 17.6 Å². The summed E-state index contributed by atoms with van der Waals surface area (Å²) in [7, 11) is 0. The van der Waals surface area contributed by atoms with Crippen LogP contribution in [0.25, 0.3) is 34.8 Å². The predicted octanol–water partition coefficient (Wildman–Crippen LogP) is 9.33. The van der Waals surface area contributed by atoms with Gasteiger partial charge in [-0.3, -0.25) is 5.32 Å². The molecule has 8 aliphatic rings. The summed E-state index contributed by atoms with van der Waals surface area (Å²) in [5, 5.41) is 9.02. The molecule has 0 fully saturated rings. The molecule has 6 aliphatic carbocycles. The summed E-state index contributed by atoms with van der Waals surface area (Å²) in [6, 6.07) is 8.87. The number of para-hydroxylation sites is 1. The molecule has 4 heterocycles. The number of allylic oxidation sites excluding steroid dienone is 10. The summed E-state index contributed by atoms with van der Waals surface area (Å²) in [5.74, 6) is 5.26. The van der Waals surface area contributed by atoms with E-state index in [-0.39, 0.29) is 30.3 Å². The van der Waals surface area contributed by atoms with Crippen LogP contribution in [0.2, 0.25) is 0 Å². The highest BCUT2D eigenvalue weighted by atomic mass is 16.5. The van der Waals surface area contributed by atoms with E-state index < -0.39 is 0 Å². The van der Waals surface area contributed by atoms with E-state index in [0.29, 0.717) is 5.92 Å². The fraction of sp³-hybridized carbons (Fsp3) is 0.311. The van der Waals surface area contributed by atoms with E-state index in [1.54, 1.807) is 0 Å². The fourth-order valence-corrected chi connectivity index (χ4v) is 9.63. The average Bonchev–Trinajstić information content (AvgIpc) is 3.87. The van der Waals surface area contributed by atoms with E-state index in [4.69, 9.17) is 14.1 Å². The number of aliphatic imine (C=N–C) groups is 1. The molecule has 0 radical (unpaired) electrons. The van der Waals surface area contributed by atoms with Crippen LogP contribution in [0.1, 0.15) is 78.5 Å². The molecule has 0 spiro atoms. The highest BCUT2D eigenvalue weighted by Gasteiger charge is 2.42. The number of furan rings is 1. The smallest absolute Gasteiger partial charge is 0.149 e. The SMILES string of the molecule is C1=CCCC(C2=NC(C3C=CC=CC3)NC(C3C=Cc4c(oc5c4C=C(n4c6c(c7ccccc74)C=CC4C7=C(CCC=C7)OC64)CC5)C3)N2)=C1. The van der Waals surface area contributed by atoms with Gasteiger partial charge >= 0.3 is 0 Å². The maximum atomic E-state index is 6.83. The maximum Gasteiger partial charge on any atom is 0.149 e. The minimum absolute atomic E-state index is 0.000339. The van der Waals surface area contributed by atoms with Crippen molar-refractivity contribution in [2.24, 2.45) is 22.7 Å². The van der Waals surface area contributed by atoms with Crippen LogP contribution in [0.5, 0.6) is 0 Å². The van der Waals surface area contributed by atoms with Gasteiger partial charge in [-0.2, -0.15) is 0 Å². The van der Waals surface area contributed by atoms with Crippen molar-refractivity contribution in [2.75, 3.05) is 0 Å². The topological polar surface area (TPSA) is 63.7 Å². The number of aryl methyl sites for hydroxylation is 1. The van der Waals surface area contributed by atoms with E-state index in [0.717, 1.165) is 68.7 Å². The van der Waals surface area contributed by atoms with Gasteiger partial charge in [0.25, 0.3) is 0 Å². The molecular weight excluding hydrogens is 629 g/mol. The van der Waals surface area contributed by atoms with Gasteiger partial charge in [0.2, 0.25) is 0 Å². The van der Waals surface area contributed by atoms with Crippen molar-refractivity contribution in [3.8, 4) is 0 Å². The third-order valence-corrected chi connectivity index (χ3v) is 12.2. The molecular formula is C45H42N4O2. The zero-order chi connectivity index (χ0) is 33.5. The number of benzene rings is 1. The van der Waals surface area contributed by atoms with Crippen LogP contribution in [-0.4, -0.2) is 22.7 Å². The lowest BCUT2D eigenvalue weighted by molar-refractivity contribution is 0.114. The second-order valence-corrected chi connectivity index (χ2v) is 15.1. The van der Waals surface area contributed by atoms with Gasteiger partial charge in [0.15, 0.2) is 0 Å². The quantitative estimate of drug-likeness (QED) is 0.291. The fourth-order valence-electron chi connectivity index (χ4n) is 9.63. The lowest BCUT2D eigenvalue weighted by atomic mass is 9.84. The minimum Gasteiger partial charge on any atom is -0.487 e. The Kier molecular flexibility index (Phi) is 6.82. The molecule has 0 saturated carbocycles. The Labute approximate surface area is 298 Å². The van der Waals surface area contributed by atoms with E-state index in [9.17, 15) is 0 Å². The van der Waals surface area contributed by atoms with Crippen molar-refractivity contribution in [1.29, 1.82) is 0 Å². The Morgan fingerprint density at radius 3 is 2.67 bits per heavy atom. The molecule has 0 saturated heterocycles. The molecule has 254 valence electrons. The lowest BCUT2D eigenvalue weighted by Gasteiger charge is -2.38. The first-order chi connectivity index (χ1) is 25.3. The van der Waals surface area contributed by atoms with Crippen LogP contribution in [0.15, 0.2) is 117 Å². The second-order valence-electron chi connectivity index (χ2n) is 15.1. The van der Waals surface area contributed by atoms with Crippen LogP contribution in [0.3, 0.4) is 0 Å². The molecule has 1 aromatic carbocycles. The first-order valence-electron chi connectivity index (χ1n) is 19.0. The molecule has 6 nitrogen and oxygen atoms in total. The van der Waals surface area contributed by atoms with Gasteiger partial charge in [0.1, 0.15) is 35.4 Å². The zero-order valence-electron chi connectivity index (χ0n) is 28.7. The molecule has 3 aromatic rings. The van der Waals surface area contributed by atoms with Crippen molar-refractivity contribution in [1.82, 2.24) is 15.2 Å². The standard InChI is InChI=1S/C45H42N4O2/c1-3-11-27(12-4-1)43-46-44(28-13-5-2-6-14-28)48-45(47-43)29-19-21-33-36-26-30(20-24-39(36)50-40(33)25-29)49-37-17-9-7-15-31(37)34-22-23-35-32-16-8-10-18-38(32)51-42(35)41(34)49/h1-5,7-9,11,13,15-17,19,21-23,26-27,29,35,42-43,45,47H,6,10,12,14,18,20,24-25H2,(H,46,48). The Morgan fingerprint density at radius 2 is 1.75 bits per heavy atom. The van der Waals surface area contributed by atoms with E-state index in [1.165, 1.54) is 55.9 Å². The van der Waals surface area contributed by atoms with Crippen molar-refractivity contribution < 1.29 is 9.15 Å². The van der Waals surface area contributed by atoms with Gasteiger partial charge in [0.05, 0.1) is 17.4 Å². The van der Waals surface area contributed by atoms with Gasteiger partial charge in [0, 0.05) is 70.4 Å². The maximum absolute atomic E-state index is 6.83. The van der Waals surface area contributed by atoms with Crippen LogP contribution in [0.4, 0.5) is 0 Å². The van der Waals surface area contributed by atoms with Gasteiger partial charge in [-0.25, -0.2) is 4.99 Å². The summed E-state index contributed by atoms with van der Waals surface area (Å²) in [6.45, 7) is 0. The van der Waals surface area contributed by atoms with Gasteiger partial charge < -0.3 is 19.0 Å². The van der Waals surface area contributed by atoms with Crippen molar-refractivity contribution in [3.05, 3.63) is 142 Å². The van der Waals surface area contributed by atoms with Crippen molar-refractivity contribution >= 4 is 40.7 Å². The van der Waals surface area contributed by atoms with Crippen LogP contribution < -0.4 is 10.6 Å².